The van der Waals surface area contributed by atoms with E-state index in [1.165, 1.54) is 12.1 Å². The molecule has 3 aromatic carbocycles. The molecule has 0 aliphatic rings. The zero-order valence-corrected chi connectivity index (χ0v) is 19.0. The number of carbonyl (C=O) groups is 1. The van der Waals surface area contributed by atoms with Crippen LogP contribution in [0.1, 0.15) is 11.1 Å². The van der Waals surface area contributed by atoms with Crippen molar-refractivity contribution in [3.8, 4) is 5.75 Å². The summed E-state index contributed by atoms with van der Waals surface area (Å²) < 4.78 is 32.6. The first-order valence-electron chi connectivity index (χ1n) is 9.73. The Morgan fingerprint density at radius 1 is 0.906 bits per heavy atom. The zero-order chi connectivity index (χ0) is 23.0. The van der Waals surface area contributed by atoms with Crippen LogP contribution in [0.4, 0.5) is 5.69 Å². The highest BCUT2D eigenvalue weighted by molar-refractivity contribution is 7.89. The number of carbonyl (C=O) groups excluding carboxylic acids is 1. The Hall–Kier alpha value is -3.27. The molecule has 0 heterocycles. The van der Waals surface area contributed by atoms with Gasteiger partial charge in [-0.1, -0.05) is 42.5 Å². The van der Waals surface area contributed by atoms with E-state index < -0.39 is 10.0 Å². The normalized spacial score (nSPS) is 10.9. The summed E-state index contributed by atoms with van der Waals surface area (Å²) in [6.45, 7) is 0.202. The van der Waals surface area contributed by atoms with Crippen LogP contribution in [0.2, 0.25) is 0 Å². The lowest BCUT2D eigenvalue weighted by molar-refractivity contribution is -0.119. The summed E-state index contributed by atoms with van der Waals surface area (Å²) in [4.78, 5) is 12.3. The Morgan fingerprint density at radius 2 is 1.56 bits per heavy atom. The van der Waals surface area contributed by atoms with Gasteiger partial charge in [0, 0.05) is 12.2 Å². The number of amides is 1. The van der Waals surface area contributed by atoms with Gasteiger partial charge in [-0.15, -0.1) is 0 Å². The molecule has 9 heteroatoms. The Morgan fingerprint density at radius 3 is 2.19 bits per heavy atom. The number of rotatable bonds is 8. The van der Waals surface area contributed by atoms with Crippen LogP contribution in [-0.4, -0.2) is 26.5 Å². The summed E-state index contributed by atoms with van der Waals surface area (Å²) in [6, 6.07) is 22.5. The second kappa shape index (κ2) is 10.9. The third-order valence-electron chi connectivity index (χ3n) is 4.51. The van der Waals surface area contributed by atoms with Crippen molar-refractivity contribution < 1.29 is 17.9 Å². The minimum Gasteiger partial charge on any atom is -0.497 e. The first-order chi connectivity index (χ1) is 15.4. The fraction of sp³-hybridized carbons (Fsp3) is 0.130. The molecule has 32 heavy (non-hydrogen) atoms. The van der Waals surface area contributed by atoms with Crippen molar-refractivity contribution in [3.63, 3.8) is 0 Å². The Bertz CT molecular complexity index is 1160. The van der Waals surface area contributed by atoms with Gasteiger partial charge < -0.3 is 15.4 Å². The maximum atomic E-state index is 12.5. The number of sulfonamides is 1. The monoisotopic (exact) mass is 469 g/mol. The standard InChI is InChI=1S/C23H23N3O4S2/c1-30-20-11-7-17(8-12-20)15-22(27)26-23(31)25-19-9-13-21(14-10-19)32(28,29)24-16-18-5-3-2-4-6-18/h2-14,24H,15-16H2,1H3,(H2,25,26,27,31). The average Bonchev–Trinajstić information content (AvgIpc) is 2.79. The Kier molecular flexibility index (Phi) is 7.93. The van der Waals surface area contributed by atoms with Crippen molar-refractivity contribution >= 4 is 38.9 Å². The molecule has 1 amide bonds. The van der Waals surface area contributed by atoms with Crippen LogP contribution >= 0.6 is 12.2 Å². The van der Waals surface area contributed by atoms with Gasteiger partial charge in [0.25, 0.3) is 0 Å². The number of methoxy groups -OCH3 is 1. The van der Waals surface area contributed by atoms with Gasteiger partial charge in [-0.3, -0.25) is 4.79 Å². The summed E-state index contributed by atoms with van der Waals surface area (Å²) in [5, 5.41) is 5.61. The van der Waals surface area contributed by atoms with E-state index >= 15 is 0 Å². The van der Waals surface area contributed by atoms with E-state index in [1.54, 1.807) is 43.5 Å². The van der Waals surface area contributed by atoms with Crippen LogP contribution in [0.25, 0.3) is 0 Å². The third-order valence-corrected chi connectivity index (χ3v) is 6.13. The maximum absolute atomic E-state index is 12.5. The number of ether oxygens (including phenoxy) is 1. The van der Waals surface area contributed by atoms with Crippen molar-refractivity contribution in [1.82, 2.24) is 10.0 Å². The molecule has 0 bridgehead atoms. The number of thiocarbonyl (C=S) groups is 1. The fourth-order valence-corrected chi connectivity index (χ4v) is 4.09. The molecule has 0 saturated heterocycles. The van der Waals surface area contributed by atoms with Crippen LogP contribution in [0.15, 0.2) is 83.8 Å². The summed E-state index contributed by atoms with van der Waals surface area (Å²) in [6.07, 6.45) is 0.163. The molecule has 166 valence electrons. The smallest absolute Gasteiger partial charge is 0.240 e. The van der Waals surface area contributed by atoms with Crippen molar-refractivity contribution in [2.75, 3.05) is 12.4 Å². The molecule has 3 aromatic rings. The number of anilines is 1. The molecule has 0 aliphatic carbocycles. The lowest BCUT2D eigenvalue weighted by Crippen LogP contribution is -2.35. The largest absolute Gasteiger partial charge is 0.497 e. The Balaban J connectivity index is 1.51. The van der Waals surface area contributed by atoms with E-state index in [-0.39, 0.29) is 28.9 Å². The van der Waals surface area contributed by atoms with Gasteiger partial charge >= 0.3 is 0 Å². The molecule has 0 atom stereocenters. The summed E-state index contributed by atoms with van der Waals surface area (Å²) in [5.74, 6) is 0.448. The molecule has 3 N–H and O–H groups in total. The molecule has 7 nitrogen and oxygen atoms in total. The topological polar surface area (TPSA) is 96.5 Å². The maximum Gasteiger partial charge on any atom is 0.240 e. The molecule has 0 aliphatic heterocycles. The van der Waals surface area contributed by atoms with E-state index in [1.807, 2.05) is 30.3 Å². The van der Waals surface area contributed by atoms with E-state index in [2.05, 4.69) is 15.4 Å². The highest BCUT2D eigenvalue weighted by Gasteiger charge is 2.14. The van der Waals surface area contributed by atoms with Gasteiger partial charge in [-0.05, 0) is 59.7 Å². The number of hydrogen-bond donors (Lipinski definition) is 3. The number of benzene rings is 3. The van der Waals surface area contributed by atoms with Gasteiger partial charge in [0.15, 0.2) is 5.11 Å². The van der Waals surface area contributed by atoms with Crippen molar-refractivity contribution in [1.29, 1.82) is 0 Å². The predicted octanol–water partition coefficient (Wildman–Crippen LogP) is 3.23. The number of hydrogen-bond acceptors (Lipinski definition) is 5. The Labute approximate surface area is 192 Å². The van der Waals surface area contributed by atoms with E-state index in [4.69, 9.17) is 17.0 Å². The third kappa shape index (κ3) is 6.88. The zero-order valence-electron chi connectivity index (χ0n) is 17.4. The van der Waals surface area contributed by atoms with Crippen LogP contribution < -0.4 is 20.1 Å². The summed E-state index contributed by atoms with van der Waals surface area (Å²) in [7, 11) is -2.07. The minimum atomic E-state index is -3.65. The van der Waals surface area contributed by atoms with Crippen molar-refractivity contribution in [2.24, 2.45) is 0 Å². The second-order valence-corrected chi connectivity index (χ2v) is 9.04. The molecule has 0 saturated carbocycles. The number of nitrogens with one attached hydrogen (secondary N) is 3. The van der Waals surface area contributed by atoms with E-state index in [9.17, 15) is 13.2 Å². The first kappa shape index (κ1) is 23.4. The molecule has 0 aromatic heterocycles. The first-order valence-corrected chi connectivity index (χ1v) is 11.6. The van der Waals surface area contributed by atoms with Gasteiger partial charge in [0.05, 0.1) is 18.4 Å². The van der Waals surface area contributed by atoms with Crippen molar-refractivity contribution in [3.05, 3.63) is 90.0 Å². The van der Waals surface area contributed by atoms with Crippen LogP contribution in [0.3, 0.4) is 0 Å². The molecule has 0 spiro atoms. The quantitative estimate of drug-likeness (QED) is 0.439. The highest BCUT2D eigenvalue weighted by atomic mass is 32.2. The lowest BCUT2D eigenvalue weighted by atomic mass is 10.1. The van der Waals surface area contributed by atoms with Gasteiger partial charge in [0.2, 0.25) is 15.9 Å². The van der Waals surface area contributed by atoms with E-state index in [0.29, 0.717) is 11.4 Å². The van der Waals surface area contributed by atoms with Crippen LogP contribution in [0.5, 0.6) is 5.75 Å². The van der Waals surface area contributed by atoms with Crippen molar-refractivity contribution in [2.45, 2.75) is 17.9 Å². The van der Waals surface area contributed by atoms with Gasteiger partial charge in [0.1, 0.15) is 5.75 Å². The molecule has 0 unspecified atom stereocenters. The van der Waals surface area contributed by atoms with Gasteiger partial charge in [-0.25, -0.2) is 13.1 Å². The van der Waals surface area contributed by atoms with Gasteiger partial charge in [-0.2, -0.15) is 0 Å². The van der Waals surface area contributed by atoms with Crippen LogP contribution in [0, 0.1) is 0 Å². The minimum absolute atomic E-state index is 0.126. The van der Waals surface area contributed by atoms with E-state index in [0.717, 1.165) is 11.1 Å². The molecular formula is C23H23N3O4S2. The lowest BCUT2D eigenvalue weighted by Gasteiger charge is -2.11. The SMILES string of the molecule is COc1ccc(CC(=O)NC(=S)Nc2ccc(S(=O)(=O)NCc3ccccc3)cc2)cc1. The fourth-order valence-electron chi connectivity index (χ4n) is 2.84. The molecule has 0 radical (unpaired) electrons. The molecule has 0 fully saturated rings. The second-order valence-electron chi connectivity index (χ2n) is 6.86. The summed E-state index contributed by atoms with van der Waals surface area (Å²) in [5.41, 5.74) is 2.25. The molecular weight excluding hydrogens is 446 g/mol. The highest BCUT2D eigenvalue weighted by Crippen LogP contribution is 2.15. The molecule has 3 rings (SSSR count). The predicted molar refractivity (Wildman–Crippen MR) is 128 cm³/mol. The van der Waals surface area contributed by atoms with Crippen LogP contribution in [-0.2, 0) is 27.8 Å². The average molecular weight is 470 g/mol. The summed E-state index contributed by atoms with van der Waals surface area (Å²) >= 11 is 5.18.